The molecule has 0 spiro atoms. The van der Waals surface area contributed by atoms with Gasteiger partial charge in [-0.2, -0.15) is 0 Å². The average Bonchev–Trinajstić information content (AvgIpc) is 2.73. The Kier molecular flexibility index (Phi) is 5.21. The first-order chi connectivity index (χ1) is 13.6. The van der Waals surface area contributed by atoms with Crippen LogP contribution >= 0.6 is 0 Å². The summed E-state index contributed by atoms with van der Waals surface area (Å²) in [5.41, 5.74) is 2.50. The van der Waals surface area contributed by atoms with Gasteiger partial charge < -0.3 is 15.4 Å². The third-order valence-electron chi connectivity index (χ3n) is 5.18. The summed E-state index contributed by atoms with van der Waals surface area (Å²) in [7, 11) is 1.54. The van der Waals surface area contributed by atoms with E-state index in [9.17, 15) is 9.18 Å². The lowest BCUT2D eigenvalue weighted by atomic mass is 9.91. The number of benzene rings is 2. The van der Waals surface area contributed by atoms with Crippen molar-refractivity contribution in [3.05, 3.63) is 71.7 Å². The summed E-state index contributed by atoms with van der Waals surface area (Å²) in [4.78, 5) is 16.3. The number of rotatable bonds is 5. The molecule has 5 nitrogen and oxygen atoms in total. The molecular weight excluding hydrogens is 357 g/mol. The smallest absolute Gasteiger partial charge is 0.220 e. The summed E-state index contributed by atoms with van der Waals surface area (Å²) in [6.45, 7) is 0.619. The molecule has 2 atom stereocenters. The van der Waals surface area contributed by atoms with E-state index >= 15 is 0 Å². The van der Waals surface area contributed by atoms with Gasteiger partial charge in [0.15, 0.2) is 0 Å². The number of piperidine rings is 1. The van der Waals surface area contributed by atoms with E-state index in [0.29, 0.717) is 30.7 Å². The van der Waals surface area contributed by atoms with Crippen LogP contribution in [0.1, 0.15) is 30.0 Å². The van der Waals surface area contributed by atoms with Gasteiger partial charge in [-0.15, -0.1) is 0 Å². The second-order valence-corrected chi connectivity index (χ2v) is 6.99. The van der Waals surface area contributed by atoms with Gasteiger partial charge in [0.25, 0.3) is 0 Å². The molecule has 2 N–H and O–H groups in total. The molecule has 4 rings (SSSR count). The minimum atomic E-state index is -0.446. The van der Waals surface area contributed by atoms with E-state index in [1.165, 1.54) is 6.07 Å². The fraction of sp³-hybridized carbons (Fsp3) is 0.273. The number of methoxy groups -OCH3 is 1. The van der Waals surface area contributed by atoms with Crippen LogP contribution in [0.15, 0.2) is 54.7 Å². The Labute approximate surface area is 162 Å². The molecule has 144 valence electrons. The number of pyridine rings is 1. The minimum Gasteiger partial charge on any atom is -0.497 e. The Balaban J connectivity index is 1.55. The highest BCUT2D eigenvalue weighted by Crippen LogP contribution is 2.29. The van der Waals surface area contributed by atoms with E-state index in [0.717, 1.165) is 16.5 Å². The normalized spacial score (nSPS) is 19.4. The molecule has 1 aliphatic rings. The molecule has 6 heteroatoms. The molecule has 2 aromatic carbocycles. The van der Waals surface area contributed by atoms with E-state index in [4.69, 9.17) is 4.74 Å². The number of fused-ring (bicyclic) bond motifs is 1. The van der Waals surface area contributed by atoms with Crippen LogP contribution in [0.25, 0.3) is 10.9 Å². The molecular formula is C22H22FN3O2. The molecule has 1 amide bonds. The van der Waals surface area contributed by atoms with Crippen LogP contribution in [0.4, 0.5) is 4.39 Å². The summed E-state index contributed by atoms with van der Waals surface area (Å²) in [5.74, 6) is 0.149. The van der Waals surface area contributed by atoms with Crippen LogP contribution in [-0.4, -0.2) is 24.0 Å². The van der Waals surface area contributed by atoms with Gasteiger partial charge in [-0.25, -0.2) is 4.39 Å². The van der Waals surface area contributed by atoms with Crippen molar-refractivity contribution in [2.75, 3.05) is 7.11 Å². The molecule has 1 fully saturated rings. The van der Waals surface area contributed by atoms with Gasteiger partial charge in [-0.1, -0.05) is 12.1 Å². The van der Waals surface area contributed by atoms with Gasteiger partial charge in [0, 0.05) is 36.2 Å². The SMILES string of the molecule is COc1ccc(F)c([C@@H]2NC(=O)CC[C@H]2NCc2ccc3ncccc3c2)c1. The van der Waals surface area contributed by atoms with Crippen LogP contribution in [0.5, 0.6) is 5.75 Å². The molecule has 1 saturated heterocycles. The van der Waals surface area contributed by atoms with Crippen molar-refractivity contribution in [1.82, 2.24) is 15.6 Å². The van der Waals surface area contributed by atoms with Crippen molar-refractivity contribution >= 4 is 16.8 Å². The number of carbonyl (C=O) groups excluding carboxylic acids is 1. The topological polar surface area (TPSA) is 63.2 Å². The lowest BCUT2D eigenvalue weighted by molar-refractivity contribution is -0.123. The van der Waals surface area contributed by atoms with Crippen molar-refractivity contribution in [3.8, 4) is 5.75 Å². The van der Waals surface area contributed by atoms with Gasteiger partial charge in [-0.05, 0) is 48.4 Å². The fourth-order valence-electron chi connectivity index (χ4n) is 3.69. The fourth-order valence-corrected chi connectivity index (χ4v) is 3.69. The van der Waals surface area contributed by atoms with Crippen LogP contribution in [0.3, 0.4) is 0 Å². The Morgan fingerprint density at radius 2 is 2.14 bits per heavy atom. The van der Waals surface area contributed by atoms with E-state index in [1.807, 2.05) is 24.3 Å². The highest BCUT2D eigenvalue weighted by Gasteiger charge is 2.31. The summed E-state index contributed by atoms with van der Waals surface area (Å²) in [6, 6.07) is 14.2. The number of halogens is 1. The Hall–Kier alpha value is -2.99. The van der Waals surface area contributed by atoms with E-state index in [1.54, 1.807) is 25.4 Å². The molecule has 0 aliphatic carbocycles. The zero-order valence-electron chi connectivity index (χ0n) is 15.6. The quantitative estimate of drug-likeness (QED) is 0.712. The van der Waals surface area contributed by atoms with Crippen LogP contribution < -0.4 is 15.4 Å². The van der Waals surface area contributed by atoms with Gasteiger partial charge in [0.1, 0.15) is 11.6 Å². The predicted octanol–water partition coefficient (Wildman–Crippen LogP) is 3.49. The summed E-state index contributed by atoms with van der Waals surface area (Å²) < 4.78 is 19.7. The molecule has 0 bridgehead atoms. The Morgan fingerprint density at radius 3 is 3.00 bits per heavy atom. The zero-order chi connectivity index (χ0) is 19.5. The molecule has 1 aromatic heterocycles. The zero-order valence-corrected chi connectivity index (χ0v) is 15.6. The number of hydrogen-bond acceptors (Lipinski definition) is 4. The van der Waals surface area contributed by atoms with Crippen LogP contribution in [0, 0.1) is 5.82 Å². The average molecular weight is 379 g/mol. The van der Waals surface area contributed by atoms with Crippen LogP contribution in [-0.2, 0) is 11.3 Å². The molecule has 2 heterocycles. The lowest BCUT2D eigenvalue weighted by Crippen LogP contribution is -2.48. The van der Waals surface area contributed by atoms with Crippen molar-refractivity contribution in [3.63, 3.8) is 0 Å². The molecule has 0 saturated carbocycles. The number of aromatic nitrogens is 1. The second-order valence-electron chi connectivity index (χ2n) is 6.99. The first kappa shape index (κ1) is 18.4. The molecule has 0 unspecified atom stereocenters. The van der Waals surface area contributed by atoms with Gasteiger partial charge in [0.05, 0.1) is 18.7 Å². The minimum absolute atomic E-state index is 0.0675. The van der Waals surface area contributed by atoms with Crippen molar-refractivity contribution in [2.24, 2.45) is 0 Å². The molecule has 1 aliphatic heterocycles. The Bertz CT molecular complexity index is 1010. The maximum Gasteiger partial charge on any atom is 0.220 e. The van der Waals surface area contributed by atoms with Crippen molar-refractivity contribution in [2.45, 2.75) is 31.5 Å². The van der Waals surface area contributed by atoms with Gasteiger partial charge >= 0.3 is 0 Å². The summed E-state index contributed by atoms with van der Waals surface area (Å²) in [6.07, 6.45) is 2.84. The standard InChI is InChI=1S/C22H22FN3O2/c1-28-16-5-6-18(23)17(12-16)22-20(8-9-21(27)26-22)25-13-14-4-7-19-15(11-14)3-2-10-24-19/h2-7,10-12,20,22,25H,8-9,13H2,1H3,(H,26,27)/t20-,22+/m1/s1. The number of carbonyl (C=O) groups is 1. The number of nitrogens with one attached hydrogen (secondary N) is 2. The first-order valence-electron chi connectivity index (χ1n) is 9.34. The van der Waals surface area contributed by atoms with E-state index < -0.39 is 6.04 Å². The monoisotopic (exact) mass is 379 g/mol. The highest BCUT2D eigenvalue weighted by atomic mass is 19.1. The first-order valence-corrected chi connectivity index (χ1v) is 9.34. The highest BCUT2D eigenvalue weighted by molar-refractivity contribution is 5.79. The predicted molar refractivity (Wildman–Crippen MR) is 105 cm³/mol. The summed E-state index contributed by atoms with van der Waals surface area (Å²) in [5, 5.41) is 7.51. The molecule has 28 heavy (non-hydrogen) atoms. The van der Waals surface area contributed by atoms with Gasteiger partial charge in [-0.3, -0.25) is 9.78 Å². The second kappa shape index (κ2) is 7.94. The number of ether oxygens (including phenoxy) is 1. The lowest BCUT2D eigenvalue weighted by Gasteiger charge is -2.33. The largest absolute Gasteiger partial charge is 0.497 e. The third kappa shape index (κ3) is 3.82. The Morgan fingerprint density at radius 1 is 1.25 bits per heavy atom. The number of hydrogen-bond donors (Lipinski definition) is 2. The molecule has 0 radical (unpaired) electrons. The molecule has 3 aromatic rings. The van der Waals surface area contributed by atoms with Crippen molar-refractivity contribution in [1.29, 1.82) is 0 Å². The summed E-state index contributed by atoms with van der Waals surface area (Å²) >= 11 is 0. The number of amides is 1. The van der Waals surface area contributed by atoms with Crippen molar-refractivity contribution < 1.29 is 13.9 Å². The maximum absolute atomic E-state index is 14.5. The van der Waals surface area contributed by atoms with Crippen LogP contribution in [0.2, 0.25) is 0 Å². The number of nitrogens with zero attached hydrogens (tertiary/aromatic N) is 1. The maximum atomic E-state index is 14.5. The third-order valence-corrected chi connectivity index (χ3v) is 5.18. The van der Waals surface area contributed by atoms with E-state index in [-0.39, 0.29) is 17.8 Å². The van der Waals surface area contributed by atoms with E-state index in [2.05, 4.69) is 21.7 Å². The van der Waals surface area contributed by atoms with Gasteiger partial charge in [0.2, 0.25) is 5.91 Å².